The van der Waals surface area contributed by atoms with Crippen LogP contribution in [0.1, 0.15) is 30.9 Å². The predicted octanol–water partition coefficient (Wildman–Crippen LogP) is 1.04. The summed E-state index contributed by atoms with van der Waals surface area (Å²) >= 11 is 0. The summed E-state index contributed by atoms with van der Waals surface area (Å²) in [6.07, 6.45) is 1.78. The van der Waals surface area contributed by atoms with Crippen LogP contribution in [-0.4, -0.2) is 44.6 Å². The molecule has 0 saturated carbocycles. The fourth-order valence-electron chi connectivity index (χ4n) is 3.04. The van der Waals surface area contributed by atoms with Crippen molar-refractivity contribution >= 4 is 9.84 Å². The number of aliphatic hydroxyl groups is 1. The van der Waals surface area contributed by atoms with Crippen LogP contribution in [0.2, 0.25) is 0 Å². The molecule has 0 spiro atoms. The highest BCUT2D eigenvalue weighted by Gasteiger charge is 2.33. The van der Waals surface area contributed by atoms with Gasteiger partial charge in [-0.15, -0.1) is 0 Å². The third-order valence-electron chi connectivity index (χ3n) is 4.41. The van der Waals surface area contributed by atoms with Crippen molar-refractivity contribution in [2.24, 2.45) is 0 Å². The Kier molecular flexibility index (Phi) is 4.05. The van der Waals surface area contributed by atoms with Gasteiger partial charge in [-0.2, -0.15) is 0 Å². The Hall–Kier alpha value is -0.950. The van der Waals surface area contributed by atoms with Gasteiger partial charge < -0.3 is 15.2 Å². The van der Waals surface area contributed by atoms with Gasteiger partial charge in [-0.3, -0.25) is 0 Å². The monoisotopic (exact) mass is 311 g/mol. The average Bonchev–Trinajstić information content (AvgIpc) is 2.47. The highest BCUT2D eigenvalue weighted by atomic mass is 32.2. The van der Waals surface area contributed by atoms with Crippen molar-refractivity contribution in [3.63, 3.8) is 0 Å². The Morgan fingerprint density at radius 2 is 2.00 bits per heavy atom. The summed E-state index contributed by atoms with van der Waals surface area (Å²) in [5.41, 5.74) is 0.0724. The minimum Gasteiger partial charge on any atom is -0.388 e. The number of rotatable bonds is 3. The quantitative estimate of drug-likeness (QED) is 0.872. The van der Waals surface area contributed by atoms with Gasteiger partial charge in [0.05, 0.1) is 16.2 Å². The molecule has 3 rings (SSSR count). The summed E-state index contributed by atoms with van der Waals surface area (Å²) in [6, 6.07) is 7.12. The summed E-state index contributed by atoms with van der Waals surface area (Å²) < 4.78 is 29.5. The lowest BCUT2D eigenvalue weighted by Crippen LogP contribution is -2.46. The number of nitrogens with one attached hydrogen (secondary N) is 1. The molecule has 0 radical (unpaired) electrons. The first kappa shape index (κ1) is 15.0. The van der Waals surface area contributed by atoms with Crippen LogP contribution in [0.25, 0.3) is 0 Å². The first-order valence-corrected chi connectivity index (χ1v) is 9.01. The van der Waals surface area contributed by atoms with Gasteiger partial charge in [0.2, 0.25) is 0 Å². The van der Waals surface area contributed by atoms with Crippen molar-refractivity contribution in [1.82, 2.24) is 5.32 Å². The highest BCUT2D eigenvalue weighted by Crippen LogP contribution is 2.32. The molecule has 2 heterocycles. The third-order valence-corrected chi connectivity index (χ3v) is 6.22. The van der Waals surface area contributed by atoms with Crippen LogP contribution in [0, 0.1) is 0 Å². The van der Waals surface area contributed by atoms with E-state index in [9.17, 15) is 13.5 Å². The molecule has 1 saturated heterocycles. The van der Waals surface area contributed by atoms with E-state index in [1.54, 1.807) is 12.1 Å². The second-order valence-electron chi connectivity index (χ2n) is 5.92. The Morgan fingerprint density at radius 1 is 1.29 bits per heavy atom. The van der Waals surface area contributed by atoms with Crippen molar-refractivity contribution in [2.75, 3.05) is 25.5 Å². The van der Waals surface area contributed by atoms with Gasteiger partial charge in [0, 0.05) is 38.6 Å². The summed E-state index contributed by atoms with van der Waals surface area (Å²) in [7, 11) is -3.16. The summed E-state index contributed by atoms with van der Waals surface area (Å²) in [5.74, 6) is 0.156. The van der Waals surface area contributed by atoms with Crippen LogP contribution in [0.3, 0.4) is 0 Å². The third kappa shape index (κ3) is 3.13. The Bertz CT molecular complexity index is 608. The second kappa shape index (κ2) is 5.68. The molecule has 0 amide bonds. The van der Waals surface area contributed by atoms with Gasteiger partial charge in [-0.05, 0) is 18.1 Å². The lowest BCUT2D eigenvalue weighted by molar-refractivity contribution is -0.0629. The fourth-order valence-corrected chi connectivity index (χ4v) is 4.66. The van der Waals surface area contributed by atoms with Crippen molar-refractivity contribution in [2.45, 2.75) is 35.8 Å². The van der Waals surface area contributed by atoms with Crippen LogP contribution >= 0.6 is 0 Å². The molecule has 6 heteroatoms. The van der Waals surface area contributed by atoms with Crippen LogP contribution in [0.4, 0.5) is 0 Å². The standard InChI is InChI=1S/C15H21NO4S/c17-15(6-8-20-9-7-15)11-16-13-5-10-21(18,19)14-4-2-1-3-12(13)14/h1-4,13,16-17H,5-11H2. The first-order chi connectivity index (χ1) is 10.0. The molecule has 2 N–H and O–H groups in total. The highest BCUT2D eigenvalue weighted by molar-refractivity contribution is 7.91. The lowest BCUT2D eigenvalue weighted by atomic mass is 9.93. The van der Waals surface area contributed by atoms with Crippen molar-refractivity contribution in [3.8, 4) is 0 Å². The second-order valence-corrected chi connectivity index (χ2v) is 7.99. The van der Waals surface area contributed by atoms with Crippen molar-refractivity contribution in [3.05, 3.63) is 29.8 Å². The zero-order valence-corrected chi connectivity index (χ0v) is 12.7. The van der Waals surface area contributed by atoms with E-state index in [2.05, 4.69) is 5.32 Å². The Morgan fingerprint density at radius 3 is 2.76 bits per heavy atom. The lowest BCUT2D eigenvalue weighted by Gasteiger charge is -2.35. The van der Waals surface area contributed by atoms with Crippen LogP contribution in [-0.2, 0) is 14.6 Å². The van der Waals surface area contributed by atoms with Crippen molar-refractivity contribution < 1.29 is 18.3 Å². The maximum Gasteiger partial charge on any atom is 0.178 e. The maximum absolute atomic E-state index is 12.1. The van der Waals surface area contributed by atoms with Gasteiger partial charge in [0.25, 0.3) is 0 Å². The molecular weight excluding hydrogens is 290 g/mol. The normalized spacial score (nSPS) is 27.0. The van der Waals surface area contributed by atoms with Crippen molar-refractivity contribution in [1.29, 1.82) is 0 Å². The van der Waals surface area contributed by atoms with Gasteiger partial charge in [0.15, 0.2) is 9.84 Å². The molecular formula is C15H21NO4S. The molecule has 1 aromatic carbocycles. The number of fused-ring (bicyclic) bond motifs is 1. The molecule has 1 atom stereocenters. The zero-order valence-electron chi connectivity index (χ0n) is 11.9. The Labute approximate surface area is 125 Å². The number of hydrogen-bond donors (Lipinski definition) is 2. The molecule has 1 aromatic rings. The van der Waals surface area contributed by atoms with Crippen LogP contribution in [0.5, 0.6) is 0 Å². The molecule has 21 heavy (non-hydrogen) atoms. The van der Waals surface area contributed by atoms with E-state index >= 15 is 0 Å². The van der Waals surface area contributed by atoms with Gasteiger partial charge in [0.1, 0.15) is 0 Å². The number of sulfone groups is 1. The van der Waals surface area contributed by atoms with Gasteiger partial charge in [-0.1, -0.05) is 18.2 Å². The topological polar surface area (TPSA) is 75.6 Å². The minimum absolute atomic E-state index is 0.0170. The van der Waals surface area contributed by atoms with E-state index in [1.165, 1.54) is 0 Å². The molecule has 0 bridgehead atoms. The van der Waals surface area contributed by atoms with E-state index in [-0.39, 0.29) is 11.8 Å². The SMILES string of the molecule is O=S1(=O)CCC(NCC2(O)CCOCC2)c2ccccc21. The summed E-state index contributed by atoms with van der Waals surface area (Å²) in [4.78, 5) is 0.424. The zero-order chi connectivity index (χ0) is 14.9. The molecule has 1 unspecified atom stereocenters. The van der Waals surface area contributed by atoms with Gasteiger partial charge in [-0.25, -0.2) is 8.42 Å². The molecule has 0 aliphatic carbocycles. The van der Waals surface area contributed by atoms with E-state index < -0.39 is 15.4 Å². The van der Waals surface area contributed by atoms with Crippen LogP contribution < -0.4 is 5.32 Å². The van der Waals surface area contributed by atoms with E-state index in [0.717, 1.165) is 5.56 Å². The predicted molar refractivity (Wildman–Crippen MR) is 78.9 cm³/mol. The van der Waals surface area contributed by atoms with E-state index in [0.29, 0.717) is 43.9 Å². The molecule has 2 aliphatic heterocycles. The number of benzene rings is 1. The number of hydrogen-bond acceptors (Lipinski definition) is 5. The molecule has 1 fully saturated rings. The average molecular weight is 311 g/mol. The number of ether oxygens (including phenoxy) is 1. The van der Waals surface area contributed by atoms with Crippen LogP contribution in [0.15, 0.2) is 29.2 Å². The fraction of sp³-hybridized carbons (Fsp3) is 0.600. The smallest absolute Gasteiger partial charge is 0.178 e. The molecule has 2 aliphatic rings. The maximum atomic E-state index is 12.1. The van der Waals surface area contributed by atoms with Gasteiger partial charge >= 0.3 is 0 Å². The Balaban J connectivity index is 1.75. The van der Waals surface area contributed by atoms with E-state index in [1.807, 2.05) is 12.1 Å². The molecule has 0 aromatic heterocycles. The molecule has 5 nitrogen and oxygen atoms in total. The minimum atomic E-state index is -3.16. The largest absolute Gasteiger partial charge is 0.388 e. The summed E-state index contributed by atoms with van der Waals surface area (Å²) in [5, 5.41) is 13.8. The first-order valence-electron chi connectivity index (χ1n) is 7.35. The summed E-state index contributed by atoms with van der Waals surface area (Å²) in [6.45, 7) is 1.62. The molecule has 116 valence electrons. The van der Waals surface area contributed by atoms with E-state index in [4.69, 9.17) is 4.74 Å².